The first-order chi connectivity index (χ1) is 12.1. The molecule has 0 aliphatic rings. The third kappa shape index (κ3) is 3.30. The van der Waals surface area contributed by atoms with Crippen LogP contribution in [0.15, 0.2) is 42.5 Å². The van der Waals surface area contributed by atoms with Gasteiger partial charge in [-0.25, -0.2) is 4.39 Å². The van der Waals surface area contributed by atoms with Gasteiger partial charge in [0.2, 0.25) is 4.96 Å². The summed E-state index contributed by atoms with van der Waals surface area (Å²) in [5, 5.41) is 14.4. The fourth-order valence-corrected chi connectivity index (χ4v) is 3.65. The van der Waals surface area contributed by atoms with Crippen LogP contribution in [0.2, 0.25) is 10.0 Å². The maximum atomic E-state index is 12.9. The highest BCUT2D eigenvalue weighted by Crippen LogP contribution is 2.33. The fraction of sp³-hybridized carbons (Fsp3) is 0.0625. The van der Waals surface area contributed by atoms with Gasteiger partial charge >= 0.3 is 0 Å². The van der Waals surface area contributed by atoms with Crippen molar-refractivity contribution in [3.8, 4) is 16.3 Å². The minimum atomic E-state index is -0.318. The van der Waals surface area contributed by atoms with Gasteiger partial charge in [0.25, 0.3) is 0 Å². The summed E-state index contributed by atoms with van der Waals surface area (Å²) >= 11 is 13.5. The second kappa shape index (κ2) is 6.59. The van der Waals surface area contributed by atoms with Crippen LogP contribution in [0.5, 0.6) is 5.75 Å². The zero-order chi connectivity index (χ0) is 17.4. The molecule has 2 aromatic heterocycles. The summed E-state index contributed by atoms with van der Waals surface area (Å²) in [6.45, 7) is 0.157. The number of halogens is 3. The van der Waals surface area contributed by atoms with E-state index in [1.54, 1.807) is 28.8 Å². The number of hydrogen-bond donors (Lipinski definition) is 0. The van der Waals surface area contributed by atoms with Crippen LogP contribution in [-0.4, -0.2) is 19.8 Å². The van der Waals surface area contributed by atoms with Crippen molar-refractivity contribution >= 4 is 39.5 Å². The van der Waals surface area contributed by atoms with Gasteiger partial charge in [0.05, 0.1) is 5.02 Å². The van der Waals surface area contributed by atoms with E-state index in [1.165, 1.54) is 23.5 Å². The van der Waals surface area contributed by atoms with Crippen LogP contribution in [0.25, 0.3) is 15.5 Å². The highest BCUT2D eigenvalue weighted by molar-refractivity contribution is 7.19. The highest BCUT2D eigenvalue weighted by atomic mass is 35.5. The Morgan fingerprint density at radius 1 is 1.08 bits per heavy atom. The molecule has 5 nitrogen and oxygen atoms in total. The van der Waals surface area contributed by atoms with E-state index in [-0.39, 0.29) is 12.4 Å². The molecule has 9 heteroatoms. The monoisotopic (exact) mass is 394 g/mol. The lowest BCUT2D eigenvalue weighted by atomic mass is 10.2. The van der Waals surface area contributed by atoms with Crippen molar-refractivity contribution < 1.29 is 9.13 Å². The Morgan fingerprint density at radius 2 is 1.88 bits per heavy atom. The van der Waals surface area contributed by atoms with Crippen molar-refractivity contribution in [2.75, 3.05) is 0 Å². The molecule has 0 amide bonds. The average Bonchev–Trinajstić information content (AvgIpc) is 3.15. The van der Waals surface area contributed by atoms with Crippen molar-refractivity contribution in [2.45, 2.75) is 6.61 Å². The molecule has 0 aliphatic heterocycles. The summed E-state index contributed by atoms with van der Waals surface area (Å²) in [6.07, 6.45) is 0. The SMILES string of the molecule is Fc1ccc(OCc2nnc3sc(-c4ccc(Cl)cc4Cl)nn23)cc1. The minimum absolute atomic E-state index is 0.157. The highest BCUT2D eigenvalue weighted by Gasteiger charge is 2.15. The van der Waals surface area contributed by atoms with Gasteiger partial charge in [-0.3, -0.25) is 0 Å². The van der Waals surface area contributed by atoms with Gasteiger partial charge in [0, 0.05) is 10.6 Å². The molecule has 0 N–H and O–H groups in total. The number of benzene rings is 2. The molecule has 25 heavy (non-hydrogen) atoms. The first-order valence-corrected chi connectivity index (χ1v) is 8.72. The van der Waals surface area contributed by atoms with Crippen LogP contribution >= 0.6 is 34.5 Å². The topological polar surface area (TPSA) is 52.3 Å². The molecule has 126 valence electrons. The number of nitrogens with zero attached hydrogens (tertiary/aromatic N) is 4. The lowest BCUT2D eigenvalue weighted by Crippen LogP contribution is -2.02. The molecule has 4 aromatic rings. The molecule has 0 unspecified atom stereocenters. The third-order valence-corrected chi connectivity index (χ3v) is 4.88. The van der Waals surface area contributed by atoms with E-state index in [0.29, 0.717) is 31.6 Å². The summed E-state index contributed by atoms with van der Waals surface area (Å²) < 4.78 is 20.1. The molecule has 0 radical (unpaired) electrons. The summed E-state index contributed by atoms with van der Waals surface area (Å²) in [7, 11) is 0. The van der Waals surface area contributed by atoms with E-state index in [1.807, 2.05) is 6.07 Å². The van der Waals surface area contributed by atoms with Crippen LogP contribution in [0.3, 0.4) is 0 Å². The van der Waals surface area contributed by atoms with Gasteiger partial charge in [-0.05, 0) is 42.5 Å². The van der Waals surface area contributed by atoms with E-state index in [4.69, 9.17) is 27.9 Å². The average molecular weight is 395 g/mol. The lowest BCUT2D eigenvalue weighted by molar-refractivity contribution is 0.292. The fourth-order valence-electron chi connectivity index (χ4n) is 2.20. The van der Waals surface area contributed by atoms with Crippen LogP contribution in [-0.2, 0) is 6.61 Å². The minimum Gasteiger partial charge on any atom is -0.486 e. The van der Waals surface area contributed by atoms with Crippen LogP contribution in [0.1, 0.15) is 5.82 Å². The van der Waals surface area contributed by atoms with Crippen LogP contribution < -0.4 is 4.74 Å². The molecule has 0 saturated heterocycles. The Balaban J connectivity index is 1.61. The second-order valence-electron chi connectivity index (χ2n) is 5.08. The summed E-state index contributed by atoms with van der Waals surface area (Å²) in [6, 6.07) is 11.0. The Bertz CT molecular complexity index is 1050. The predicted octanol–water partition coefficient (Wildman–Crippen LogP) is 4.88. The molecule has 0 atom stereocenters. The van der Waals surface area contributed by atoms with Crippen molar-refractivity contribution in [3.05, 3.63) is 64.2 Å². The summed E-state index contributed by atoms with van der Waals surface area (Å²) in [5.74, 6) is 0.752. The number of hydrogen-bond acceptors (Lipinski definition) is 5. The Labute approximate surface area is 155 Å². The largest absolute Gasteiger partial charge is 0.486 e. The maximum Gasteiger partial charge on any atom is 0.235 e. The Kier molecular flexibility index (Phi) is 4.29. The molecule has 0 fully saturated rings. The van der Waals surface area contributed by atoms with E-state index >= 15 is 0 Å². The van der Waals surface area contributed by atoms with Gasteiger partial charge in [-0.2, -0.15) is 9.61 Å². The third-order valence-electron chi connectivity index (χ3n) is 3.40. The zero-order valence-electron chi connectivity index (χ0n) is 12.5. The Hall–Kier alpha value is -2.22. The van der Waals surface area contributed by atoms with E-state index < -0.39 is 0 Å². The lowest BCUT2D eigenvalue weighted by Gasteiger charge is -2.03. The first kappa shape index (κ1) is 16.3. The molecule has 4 rings (SSSR count). The molecule has 2 aromatic carbocycles. The molecule has 0 aliphatic carbocycles. The molecule has 0 bridgehead atoms. The van der Waals surface area contributed by atoms with Crippen LogP contribution in [0.4, 0.5) is 4.39 Å². The first-order valence-electron chi connectivity index (χ1n) is 7.15. The Morgan fingerprint density at radius 3 is 2.64 bits per heavy atom. The number of fused-ring (bicyclic) bond motifs is 1. The number of aromatic nitrogens is 4. The molecule has 0 saturated carbocycles. The second-order valence-corrected chi connectivity index (χ2v) is 6.88. The van der Waals surface area contributed by atoms with E-state index in [0.717, 1.165) is 5.56 Å². The zero-order valence-corrected chi connectivity index (χ0v) is 14.8. The molecule has 2 heterocycles. The van der Waals surface area contributed by atoms with Crippen molar-refractivity contribution in [3.63, 3.8) is 0 Å². The van der Waals surface area contributed by atoms with Gasteiger partial charge in [-0.1, -0.05) is 34.5 Å². The van der Waals surface area contributed by atoms with Crippen LogP contribution in [0, 0.1) is 5.82 Å². The van der Waals surface area contributed by atoms with E-state index in [2.05, 4.69) is 15.3 Å². The number of rotatable bonds is 4. The van der Waals surface area contributed by atoms with Crippen molar-refractivity contribution in [2.24, 2.45) is 0 Å². The maximum absolute atomic E-state index is 12.9. The quantitative estimate of drug-likeness (QED) is 0.494. The summed E-state index contributed by atoms with van der Waals surface area (Å²) in [5.41, 5.74) is 0.770. The standard InChI is InChI=1S/C16H9Cl2FN4OS/c17-9-1-6-12(13(18)7-9)15-22-23-14(20-21-16(23)25-15)8-24-11-4-2-10(19)3-5-11/h1-7H,8H2. The van der Waals surface area contributed by atoms with Gasteiger partial charge in [0.1, 0.15) is 23.2 Å². The van der Waals surface area contributed by atoms with Gasteiger partial charge < -0.3 is 4.74 Å². The molecular weight excluding hydrogens is 386 g/mol. The molecule has 0 spiro atoms. The molecular formula is C16H9Cl2FN4OS. The van der Waals surface area contributed by atoms with Crippen molar-refractivity contribution in [1.82, 2.24) is 19.8 Å². The number of ether oxygens (including phenoxy) is 1. The normalized spacial score (nSPS) is 11.2. The van der Waals surface area contributed by atoms with Gasteiger partial charge in [-0.15, -0.1) is 10.2 Å². The van der Waals surface area contributed by atoms with Gasteiger partial charge in [0.15, 0.2) is 5.82 Å². The van der Waals surface area contributed by atoms with E-state index in [9.17, 15) is 4.39 Å². The predicted molar refractivity (Wildman–Crippen MR) is 94.8 cm³/mol. The van der Waals surface area contributed by atoms with Crippen molar-refractivity contribution in [1.29, 1.82) is 0 Å². The summed E-state index contributed by atoms with van der Waals surface area (Å²) in [4.78, 5) is 0.624. The smallest absolute Gasteiger partial charge is 0.235 e.